The van der Waals surface area contributed by atoms with E-state index in [9.17, 15) is 17.6 Å². The number of carbonyl (C=O) groups is 1. The smallest absolute Gasteiger partial charge is 0.337 e. The lowest BCUT2D eigenvalue weighted by Gasteiger charge is -2.10. The van der Waals surface area contributed by atoms with Crippen molar-refractivity contribution < 1.29 is 22.7 Å². The highest BCUT2D eigenvalue weighted by Gasteiger charge is 2.18. The maximum absolute atomic E-state index is 13.4. The molecule has 0 amide bonds. The van der Waals surface area contributed by atoms with Crippen molar-refractivity contribution in [3.63, 3.8) is 0 Å². The van der Waals surface area contributed by atoms with Gasteiger partial charge in [-0.15, -0.1) is 0 Å². The normalized spacial score (nSPS) is 11.1. The number of nitrogens with one attached hydrogen (secondary N) is 1. The van der Waals surface area contributed by atoms with E-state index in [1.807, 2.05) is 0 Å². The number of carboxylic acid groups (broad SMARTS) is 1. The largest absolute Gasteiger partial charge is 0.478 e. The molecule has 0 aliphatic carbocycles. The van der Waals surface area contributed by atoms with Gasteiger partial charge in [0.2, 0.25) is 0 Å². The Labute approximate surface area is 120 Å². The van der Waals surface area contributed by atoms with Crippen LogP contribution in [0.2, 0.25) is 0 Å². The van der Waals surface area contributed by atoms with Gasteiger partial charge in [-0.25, -0.2) is 14.2 Å². The van der Waals surface area contributed by atoms with Gasteiger partial charge in [-0.1, -0.05) is 6.07 Å². The molecule has 2 N–H and O–H groups in total. The Hall–Kier alpha value is -2.48. The minimum Gasteiger partial charge on any atom is -0.478 e. The van der Waals surface area contributed by atoms with Gasteiger partial charge in [0.25, 0.3) is 10.0 Å². The summed E-state index contributed by atoms with van der Waals surface area (Å²) in [6.07, 6.45) is 0.940. The number of pyridine rings is 1. The summed E-state index contributed by atoms with van der Waals surface area (Å²) in [7, 11) is -4.02. The lowest BCUT2D eigenvalue weighted by Crippen LogP contribution is -2.16. The van der Waals surface area contributed by atoms with Crippen molar-refractivity contribution in [1.82, 2.24) is 4.98 Å². The summed E-state index contributed by atoms with van der Waals surface area (Å²) in [5.74, 6) is -1.75. The molecular weight excluding hydrogens is 299 g/mol. The van der Waals surface area contributed by atoms with Crippen LogP contribution < -0.4 is 4.72 Å². The highest BCUT2D eigenvalue weighted by Crippen LogP contribution is 2.20. The second-order valence-corrected chi connectivity index (χ2v) is 5.84. The summed E-state index contributed by atoms with van der Waals surface area (Å²) in [5, 5.41) is 8.38. The molecule has 2 aromatic rings. The zero-order valence-corrected chi connectivity index (χ0v) is 11.7. The molecule has 8 heteroatoms. The van der Waals surface area contributed by atoms with E-state index < -0.39 is 21.8 Å². The molecule has 0 radical (unpaired) electrons. The van der Waals surface area contributed by atoms with Crippen LogP contribution in [0.25, 0.3) is 0 Å². The first-order valence-corrected chi connectivity index (χ1v) is 7.27. The zero-order chi connectivity index (χ0) is 15.6. The molecule has 2 rings (SSSR count). The van der Waals surface area contributed by atoms with Crippen molar-refractivity contribution in [3.8, 4) is 0 Å². The fourth-order valence-electron chi connectivity index (χ4n) is 1.58. The molecule has 1 aromatic heterocycles. The van der Waals surface area contributed by atoms with Crippen LogP contribution in [0.15, 0.2) is 41.6 Å². The lowest BCUT2D eigenvalue weighted by atomic mass is 10.2. The van der Waals surface area contributed by atoms with Gasteiger partial charge in [-0.3, -0.25) is 4.72 Å². The molecule has 1 aromatic carbocycles. The molecule has 0 atom stereocenters. The van der Waals surface area contributed by atoms with Crippen LogP contribution in [-0.2, 0) is 10.0 Å². The highest BCUT2D eigenvalue weighted by molar-refractivity contribution is 7.92. The van der Waals surface area contributed by atoms with Gasteiger partial charge < -0.3 is 5.11 Å². The van der Waals surface area contributed by atoms with Crippen LogP contribution in [-0.4, -0.2) is 24.5 Å². The molecule has 0 aliphatic rings. The fourth-order valence-corrected chi connectivity index (χ4v) is 2.63. The summed E-state index contributed by atoms with van der Waals surface area (Å²) in [5.41, 5.74) is 0.123. The number of hydrogen-bond donors (Lipinski definition) is 2. The molecule has 0 spiro atoms. The minimum absolute atomic E-state index is 0.0964. The quantitative estimate of drug-likeness (QED) is 0.900. The maximum Gasteiger partial charge on any atom is 0.337 e. The van der Waals surface area contributed by atoms with Gasteiger partial charge in [0.1, 0.15) is 5.82 Å². The van der Waals surface area contributed by atoms with E-state index in [0.717, 1.165) is 18.3 Å². The topological polar surface area (TPSA) is 96.4 Å². The van der Waals surface area contributed by atoms with Crippen molar-refractivity contribution in [1.29, 1.82) is 0 Å². The van der Waals surface area contributed by atoms with Gasteiger partial charge >= 0.3 is 5.97 Å². The first-order valence-electron chi connectivity index (χ1n) is 5.78. The van der Waals surface area contributed by atoms with Crippen LogP contribution in [0.3, 0.4) is 0 Å². The highest BCUT2D eigenvalue weighted by atomic mass is 32.2. The average Bonchev–Trinajstić information content (AvgIpc) is 2.44. The maximum atomic E-state index is 13.4. The first-order chi connectivity index (χ1) is 9.81. The predicted molar refractivity (Wildman–Crippen MR) is 73.1 cm³/mol. The Morgan fingerprint density at radius 2 is 2.00 bits per heavy atom. The van der Waals surface area contributed by atoms with E-state index in [-0.39, 0.29) is 21.8 Å². The predicted octanol–water partition coefficient (Wildman–Crippen LogP) is 2.03. The van der Waals surface area contributed by atoms with Crippen molar-refractivity contribution in [2.45, 2.75) is 11.9 Å². The number of rotatable bonds is 4. The number of halogens is 1. The van der Waals surface area contributed by atoms with Crippen LogP contribution in [0.4, 0.5) is 10.1 Å². The first kappa shape index (κ1) is 14.9. The molecule has 0 saturated heterocycles. The number of anilines is 1. The SMILES string of the molecule is Cc1c(F)cccc1NS(=O)(=O)c1ccc(C(=O)O)cn1. The van der Waals surface area contributed by atoms with Crippen LogP contribution >= 0.6 is 0 Å². The minimum atomic E-state index is -4.02. The van der Waals surface area contributed by atoms with Gasteiger partial charge in [0.05, 0.1) is 11.3 Å². The third kappa shape index (κ3) is 3.16. The van der Waals surface area contributed by atoms with Crippen molar-refractivity contribution in [2.24, 2.45) is 0 Å². The molecule has 21 heavy (non-hydrogen) atoms. The number of aromatic carboxylic acids is 1. The van der Waals surface area contributed by atoms with Crippen LogP contribution in [0.5, 0.6) is 0 Å². The summed E-state index contributed by atoms with van der Waals surface area (Å²) >= 11 is 0. The number of hydrogen-bond acceptors (Lipinski definition) is 4. The third-order valence-corrected chi connectivity index (χ3v) is 4.05. The number of carboxylic acids is 1. The van der Waals surface area contributed by atoms with E-state index in [0.29, 0.717) is 0 Å². The zero-order valence-electron chi connectivity index (χ0n) is 10.9. The van der Waals surface area contributed by atoms with Gasteiger partial charge in [0, 0.05) is 11.8 Å². The second kappa shape index (κ2) is 5.49. The lowest BCUT2D eigenvalue weighted by molar-refractivity contribution is 0.0696. The standard InChI is InChI=1S/C13H11FN2O4S/c1-8-10(14)3-2-4-11(8)16-21(19,20)12-6-5-9(7-15-12)13(17)18/h2-7,16H,1H3,(H,17,18). The summed E-state index contributed by atoms with van der Waals surface area (Å²) in [6.45, 7) is 1.44. The molecule has 110 valence electrons. The number of sulfonamides is 1. The monoisotopic (exact) mass is 310 g/mol. The van der Waals surface area contributed by atoms with Crippen LogP contribution in [0, 0.1) is 12.7 Å². The van der Waals surface area contributed by atoms with Crippen molar-refractivity contribution in [3.05, 3.63) is 53.5 Å². The van der Waals surface area contributed by atoms with E-state index in [1.54, 1.807) is 0 Å². The summed E-state index contributed by atoms with van der Waals surface area (Å²) in [6, 6.07) is 6.21. The number of nitrogens with zero attached hydrogens (tertiary/aromatic N) is 1. The Kier molecular flexibility index (Phi) is 3.90. The summed E-state index contributed by atoms with van der Waals surface area (Å²) in [4.78, 5) is 14.3. The fraction of sp³-hybridized carbons (Fsp3) is 0.0769. The Morgan fingerprint density at radius 1 is 1.29 bits per heavy atom. The summed E-state index contributed by atoms with van der Waals surface area (Å²) < 4.78 is 39.8. The van der Waals surface area contributed by atoms with Gasteiger partial charge in [-0.05, 0) is 31.2 Å². The van der Waals surface area contributed by atoms with Crippen molar-refractivity contribution in [2.75, 3.05) is 4.72 Å². The molecule has 1 heterocycles. The van der Waals surface area contributed by atoms with E-state index in [1.165, 1.54) is 25.1 Å². The van der Waals surface area contributed by atoms with E-state index in [2.05, 4.69) is 9.71 Å². The van der Waals surface area contributed by atoms with Gasteiger partial charge in [0.15, 0.2) is 5.03 Å². The molecule has 0 unspecified atom stereocenters. The molecule has 0 fully saturated rings. The molecule has 6 nitrogen and oxygen atoms in total. The Morgan fingerprint density at radius 3 is 2.57 bits per heavy atom. The van der Waals surface area contributed by atoms with Gasteiger partial charge in [-0.2, -0.15) is 8.42 Å². The number of benzene rings is 1. The Balaban J connectivity index is 2.34. The van der Waals surface area contributed by atoms with Crippen molar-refractivity contribution >= 4 is 21.7 Å². The van der Waals surface area contributed by atoms with E-state index >= 15 is 0 Å². The molecular formula is C13H11FN2O4S. The molecule has 0 bridgehead atoms. The Bertz CT molecular complexity index is 788. The molecule has 0 saturated carbocycles. The number of aromatic nitrogens is 1. The third-order valence-electron chi connectivity index (χ3n) is 2.77. The second-order valence-electron chi connectivity index (χ2n) is 4.21. The van der Waals surface area contributed by atoms with E-state index in [4.69, 9.17) is 5.11 Å². The van der Waals surface area contributed by atoms with Crippen LogP contribution in [0.1, 0.15) is 15.9 Å². The molecule has 0 aliphatic heterocycles. The average molecular weight is 310 g/mol.